The lowest BCUT2D eigenvalue weighted by Crippen LogP contribution is -2.27. The zero-order valence-corrected chi connectivity index (χ0v) is 20.0. The average Bonchev–Trinajstić information content (AvgIpc) is 3.37. The van der Waals surface area contributed by atoms with Gasteiger partial charge < -0.3 is 15.4 Å². The van der Waals surface area contributed by atoms with Crippen molar-refractivity contribution >= 4 is 29.3 Å². The second kappa shape index (κ2) is 11.8. The molecule has 9 heteroatoms. The second-order valence-electron chi connectivity index (χ2n) is 7.57. The molecule has 0 saturated carbocycles. The van der Waals surface area contributed by atoms with Gasteiger partial charge in [0, 0.05) is 12.1 Å². The lowest BCUT2D eigenvalue weighted by Gasteiger charge is -2.11. The van der Waals surface area contributed by atoms with E-state index in [1.165, 1.54) is 11.8 Å². The van der Waals surface area contributed by atoms with Crippen LogP contribution in [-0.4, -0.2) is 46.4 Å². The van der Waals surface area contributed by atoms with Crippen LogP contribution in [-0.2, 0) is 11.2 Å². The van der Waals surface area contributed by atoms with Gasteiger partial charge in [-0.15, -0.1) is 5.10 Å². The zero-order chi connectivity index (χ0) is 24.5. The molecule has 4 aromatic rings. The SMILES string of the molecule is COc1ccc(-c2nc(SCC(=O)Nc3ccccc3C(=O)NCCc3ccccc3)n[nH]2)cc1. The molecule has 0 aliphatic rings. The summed E-state index contributed by atoms with van der Waals surface area (Å²) < 4.78 is 5.16. The molecule has 0 atom stereocenters. The Bertz CT molecular complexity index is 1280. The Morgan fingerprint density at radius 2 is 1.71 bits per heavy atom. The van der Waals surface area contributed by atoms with E-state index in [9.17, 15) is 9.59 Å². The first-order valence-corrected chi connectivity index (χ1v) is 12.0. The minimum absolute atomic E-state index is 0.101. The van der Waals surface area contributed by atoms with Gasteiger partial charge in [-0.3, -0.25) is 14.7 Å². The summed E-state index contributed by atoms with van der Waals surface area (Å²) in [5, 5.41) is 13.2. The molecule has 0 spiro atoms. The summed E-state index contributed by atoms with van der Waals surface area (Å²) in [4.78, 5) is 29.7. The number of hydrogen-bond donors (Lipinski definition) is 3. The summed E-state index contributed by atoms with van der Waals surface area (Å²) in [5.41, 5.74) is 2.89. The van der Waals surface area contributed by atoms with Gasteiger partial charge in [-0.2, -0.15) is 0 Å². The molecule has 0 bridgehead atoms. The molecule has 1 aromatic heterocycles. The molecule has 3 N–H and O–H groups in total. The Balaban J connectivity index is 1.30. The molecule has 0 aliphatic carbocycles. The number of para-hydroxylation sites is 1. The molecule has 0 radical (unpaired) electrons. The maximum atomic E-state index is 12.7. The van der Waals surface area contributed by atoms with Crippen molar-refractivity contribution in [3.8, 4) is 17.1 Å². The fourth-order valence-corrected chi connectivity index (χ4v) is 3.95. The van der Waals surface area contributed by atoms with Gasteiger partial charge in [-0.25, -0.2) is 4.98 Å². The number of ether oxygens (including phenoxy) is 1. The molecule has 4 rings (SSSR count). The highest BCUT2D eigenvalue weighted by atomic mass is 32.2. The molecule has 0 fully saturated rings. The molecule has 0 unspecified atom stereocenters. The first-order chi connectivity index (χ1) is 17.1. The van der Waals surface area contributed by atoms with Crippen LogP contribution in [0.5, 0.6) is 5.75 Å². The Hall–Kier alpha value is -4.11. The molecule has 178 valence electrons. The number of nitrogens with zero attached hydrogens (tertiary/aromatic N) is 2. The van der Waals surface area contributed by atoms with E-state index >= 15 is 0 Å². The molecular weight excluding hydrogens is 462 g/mol. The van der Waals surface area contributed by atoms with Crippen molar-refractivity contribution in [2.75, 3.05) is 24.7 Å². The number of hydrogen-bond acceptors (Lipinski definition) is 6. The van der Waals surface area contributed by atoms with Crippen LogP contribution in [0, 0.1) is 0 Å². The minimum Gasteiger partial charge on any atom is -0.497 e. The number of methoxy groups -OCH3 is 1. The lowest BCUT2D eigenvalue weighted by molar-refractivity contribution is -0.113. The van der Waals surface area contributed by atoms with Crippen LogP contribution in [0.4, 0.5) is 5.69 Å². The predicted octanol–water partition coefficient (Wildman–Crippen LogP) is 4.18. The number of carbonyl (C=O) groups is 2. The van der Waals surface area contributed by atoms with Crippen LogP contribution in [0.1, 0.15) is 15.9 Å². The fraction of sp³-hybridized carbons (Fsp3) is 0.154. The van der Waals surface area contributed by atoms with Crippen molar-refractivity contribution in [3.05, 3.63) is 90.0 Å². The van der Waals surface area contributed by atoms with Crippen molar-refractivity contribution in [1.82, 2.24) is 20.5 Å². The highest BCUT2D eigenvalue weighted by Crippen LogP contribution is 2.22. The highest BCUT2D eigenvalue weighted by Gasteiger charge is 2.14. The van der Waals surface area contributed by atoms with E-state index in [1.54, 1.807) is 31.4 Å². The van der Waals surface area contributed by atoms with Gasteiger partial charge in [0.1, 0.15) is 5.75 Å². The number of amides is 2. The molecule has 8 nitrogen and oxygen atoms in total. The van der Waals surface area contributed by atoms with Crippen molar-refractivity contribution in [2.45, 2.75) is 11.6 Å². The second-order valence-corrected chi connectivity index (χ2v) is 8.51. The number of thioether (sulfide) groups is 1. The van der Waals surface area contributed by atoms with Gasteiger partial charge >= 0.3 is 0 Å². The van der Waals surface area contributed by atoms with Crippen LogP contribution < -0.4 is 15.4 Å². The minimum atomic E-state index is -0.254. The molecule has 0 saturated heterocycles. The fourth-order valence-electron chi connectivity index (χ4n) is 3.36. The van der Waals surface area contributed by atoms with Crippen LogP contribution in [0.3, 0.4) is 0 Å². The van der Waals surface area contributed by atoms with Gasteiger partial charge in [0.05, 0.1) is 24.1 Å². The first-order valence-electron chi connectivity index (χ1n) is 11.0. The lowest BCUT2D eigenvalue weighted by atomic mass is 10.1. The Morgan fingerprint density at radius 1 is 0.971 bits per heavy atom. The maximum Gasteiger partial charge on any atom is 0.253 e. The summed E-state index contributed by atoms with van der Waals surface area (Å²) in [5.74, 6) is 0.972. The quantitative estimate of drug-likeness (QED) is 0.290. The van der Waals surface area contributed by atoms with E-state index in [0.717, 1.165) is 23.3 Å². The topological polar surface area (TPSA) is 109 Å². The van der Waals surface area contributed by atoms with Crippen LogP contribution >= 0.6 is 11.8 Å². The van der Waals surface area contributed by atoms with Gasteiger partial charge in [0.25, 0.3) is 5.91 Å². The highest BCUT2D eigenvalue weighted by molar-refractivity contribution is 7.99. The van der Waals surface area contributed by atoms with E-state index < -0.39 is 0 Å². The van der Waals surface area contributed by atoms with Crippen molar-refractivity contribution in [2.24, 2.45) is 0 Å². The number of benzene rings is 3. The van der Waals surface area contributed by atoms with Gasteiger partial charge in [-0.05, 0) is 48.4 Å². The van der Waals surface area contributed by atoms with Crippen LogP contribution in [0.25, 0.3) is 11.4 Å². The smallest absolute Gasteiger partial charge is 0.253 e. The number of nitrogens with one attached hydrogen (secondary N) is 3. The van der Waals surface area contributed by atoms with E-state index in [4.69, 9.17) is 4.74 Å². The van der Waals surface area contributed by atoms with Crippen molar-refractivity contribution in [3.63, 3.8) is 0 Å². The van der Waals surface area contributed by atoms with Gasteiger partial charge in [0.15, 0.2) is 5.82 Å². The number of H-pyrrole nitrogens is 1. The number of anilines is 1. The summed E-state index contributed by atoms with van der Waals surface area (Å²) in [6.07, 6.45) is 0.729. The Labute approximate surface area is 207 Å². The average molecular weight is 488 g/mol. The largest absolute Gasteiger partial charge is 0.497 e. The Morgan fingerprint density at radius 3 is 2.49 bits per heavy atom. The van der Waals surface area contributed by atoms with Crippen LogP contribution in [0.15, 0.2) is 84.0 Å². The molecule has 1 heterocycles. The van der Waals surface area contributed by atoms with Crippen LogP contribution in [0.2, 0.25) is 0 Å². The zero-order valence-electron chi connectivity index (χ0n) is 19.2. The van der Waals surface area contributed by atoms with Crippen molar-refractivity contribution in [1.29, 1.82) is 0 Å². The standard InChI is InChI=1S/C26H25N5O3S/c1-34-20-13-11-19(12-14-20)24-29-26(31-30-24)35-17-23(32)28-22-10-6-5-9-21(22)25(33)27-16-15-18-7-3-2-4-8-18/h2-14H,15-17H2,1H3,(H,27,33)(H,28,32)(H,29,30,31). The normalized spacial score (nSPS) is 10.5. The molecule has 0 aliphatic heterocycles. The van der Waals surface area contributed by atoms with Gasteiger partial charge in [0.2, 0.25) is 11.1 Å². The molecule has 2 amide bonds. The summed E-state index contributed by atoms with van der Waals surface area (Å²) in [6, 6.07) is 24.3. The number of carbonyl (C=O) groups excluding carboxylic acids is 2. The van der Waals surface area contributed by atoms with E-state index in [-0.39, 0.29) is 17.6 Å². The number of aromatic nitrogens is 3. The summed E-state index contributed by atoms with van der Waals surface area (Å²) in [6.45, 7) is 0.502. The third-order valence-corrected chi connectivity index (χ3v) is 6.00. The van der Waals surface area contributed by atoms with Crippen molar-refractivity contribution < 1.29 is 14.3 Å². The predicted molar refractivity (Wildman–Crippen MR) is 137 cm³/mol. The molecular formula is C26H25N5O3S. The number of rotatable bonds is 10. The first kappa shape index (κ1) is 24.0. The summed E-state index contributed by atoms with van der Waals surface area (Å²) in [7, 11) is 1.61. The maximum absolute atomic E-state index is 12.7. The third-order valence-electron chi connectivity index (χ3n) is 5.15. The van der Waals surface area contributed by atoms with E-state index in [1.807, 2.05) is 54.6 Å². The monoisotopic (exact) mass is 487 g/mol. The molecule has 35 heavy (non-hydrogen) atoms. The van der Waals surface area contributed by atoms with Gasteiger partial charge in [-0.1, -0.05) is 54.2 Å². The van der Waals surface area contributed by atoms with E-state index in [2.05, 4.69) is 25.8 Å². The van der Waals surface area contributed by atoms with E-state index in [0.29, 0.717) is 28.8 Å². The molecule has 3 aromatic carbocycles. The third kappa shape index (κ3) is 6.70. The number of aromatic amines is 1. The Kier molecular flexibility index (Phi) is 8.13. The summed E-state index contributed by atoms with van der Waals surface area (Å²) >= 11 is 1.21.